The van der Waals surface area contributed by atoms with Crippen LogP contribution >= 0.6 is 0 Å². The number of halogens is 2. The normalized spacial score (nSPS) is 19.7. The Balaban J connectivity index is 0.000000861. The van der Waals surface area contributed by atoms with E-state index in [1.165, 1.54) is 6.07 Å². The number of nitrogens with one attached hydrogen (secondary N) is 1. The van der Waals surface area contributed by atoms with Gasteiger partial charge in [0, 0.05) is 12.6 Å². The second-order valence-corrected chi connectivity index (χ2v) is 5.19. The summed E-state index contributed by atoms with van der Waals surface area (Å²) >= 11 is 0. The fourth-order valence-corrected chi connectivity index (χ4v) is 2.63. The maximum atomic E-state index is 13.7. The van der Waals surface area contributed by atoms with E-state index in [0.29, 0.717) is 30.3 Å². The highest BCUT2D eigenvalue weighted by Crippen LogP contribution is 2.42. The fraction of sp³-hybridized carbons (Fsp3) is 0.467. The lowest BCUT2D eigenvalue weighted by atomic mass is 9.69. The van der Waals surface area contributed by atoms with Crippen LogP contribution in [0.15, 0.2) is 25.3 Å². The average molecular weight is 268 g/mol. The average Bonchev–Trinajstić information content (AvgIpc) is 2.36. The third kappa shape index (κ3) is 2.95. The van der Waals surface area contributed by atoms with Crippen molar-refractivity contribution in [1.82, 2.24) is 0 Å². The zero-order valence-electron chi connectivity index (χ0n) is 11.6. The molecule has 0 bridgehead atoms. The molecule has 1 heterocycles. The quantitative estimate of drug-likeness (QED) is 0.806. The van der Waals surface area contributed by atoms with Crippen molar-refractivity contribution in [1.29, 1.82) is 0 Å². The van der Waals surface area contributed by atoms with Crippen LogP contribution < -0.4 is 11.1 Å². The first-order valence-corrected chi connectivity index (χ1v) is 6.40. The van der Waals surface area contributed by atoms with Crippen LogP contribution in [0.5, 0.6) is 0 Å². The number of nitrogens with two attached hydrogens (primary N) is 1. The summed E-state index contributed by atoms with van der Waals surface area (Å²) in [7, 11) is 0. The molecule has 0 aromatic heterocycles. The second kappa shape index (κ2) is 6.15. The van der Waals surface area contributed by atoms with Crippen LogP contribution in [0.3, 0.4) is 0 Å². The Bertz CT molecular complexity index is 444. The summed E-state index contributed by atoms with van der Waals surface area (Å²) in [4.78, 5) is 0. The van der Waals surface area contributed by atoms with E-state index in [1.54, 1.807) is 0 Å². The van der Waals surface area contributed by atoms with Crippen molar-refractivity contribution in [3.63, 3.8) is 0 Å². The van der Waals surface area contributed by atoms with Crippen molar-refractivity contribution in [2.45, 2.75) is 25.7 Å². The molecule has 4 heteroatoms. The van der Waals surface area contributed by atoms with E-state index in [0.717, 1.165) is 12.5 Å². The first kappa shape index (κ1) is 15.6. The highest BCUT2D eigenvalue weighted by molar-refractivity contribution is 5.58. The number of anilines is 1. The van der Waals surface area contributed by atoms with E-state index >= 15 is 0 Å². The molecule has 1 aliphatic rings. The molecular formula is C15H22F2N2. The Morgan fingerprint density at radius 1 is 1.37 bits per heavy atom. The summed E-state index contributed by atoms with van der Waals surface area (Å²) in [6.45, 7) is 11.3. The highest BCUT2D eigenvalue weighted by Gasteiger charge is 2.37. The molecule has 106 valence electrons. The summed E-state index contributed by atoms with van der Waals surface area (Å²) in [5, 5.41) is 3.05. The van der Waals surface area contributed by atoms with Crippen LogP contribution in [0.2, 0.25) is 0 Å². The van der Waals surface area contributed by atoms with Crippen molar-refractivity contribution < 1.29 is 8.78 Å². The molecular weight excluding hydrogens is 246 g/mol. The Morgan fingerprint density at radius 3 is 2.58 bits per heavy atom. The largest absolute Gasteiger partial charge is 0.382 e. The van der Waals surface area contributed by atoms with Gasteiger partial charge in [-0.25, -0.2) is 8.78 Å². The Morgan fingerprint density at radius 2 is 2.00 bits per heavy atom. The fourth-order valence-electron chi connectivity index (χ4n) is 2.63. The molecule has 3 N–H and O–H groups in total. The lowest BCUT2D eigenvalue weighted by molar-refractivity contribution is 0.304. The Hall–Kier alpha value is -1.42. The molecule has 0 radical (unpaired) electrons. The predicted molar refractivity (Wildman–Crippen MR) is 76.3 cm³/mol. The van der Waals surface area contributed by atoms with Gasteiger partial charge < -0.3 is 11.1 Å². The van der Waals surface area contributed by atoms with Gasteiger partial charge in [-0.15, -0.1) is 13.2 Å². The first-order chi connectivity index (χ1) is 8.96. The third-order valence-electron chi connectivity index (χ3n) is 3.81. The van der Waals surface area contributed by atoms with Crippen molar-refractivity contribution in [3.8, 4) is 0 Å². The van der Waals surface area contributed by atoms with Gasteiger partial charge in [-0.3, -0.25) is 0 Å². The van der Waals surface area contributed by atoms with E-state index in [-0.39, 0.29) is 5.41 Å². The number of hydrogen-bond acceptors (Lipinski definition) is 2. The molecule has 1 aliphatic heterocycles. The number of benzene rings is 1. The smallest absolute Gasteiger partial charge is 0.149 e. The SMILES string of the molecule is C=C.CC1(C)c2cc(F)cc(F)c2NCC1CCN. The maximum absolute atomic E-state index is 13.7. The van der Waals surface area contributed by atoms with Gasteiger partial charge in [0.2, 0.25) is 0 Å². The Labute approximate surface area is 113 Å². The number of fused-ring (bicyclic) bond motifs is 1. The van der Waals surface area contributed by atoms with Crippen LogP contribution in [0, 0.1) is 17.6 Å². The molecule has 0 spiro atoms. The molecule has 1 aromatic carbocycles. The molecule has 2 nitrogen and oxygen atoms in total. The molecule has 1 aromatic rings. The van der Waals surface area contributed by atoms with E-state index in [1.807, 2.05) is 13.8 Å². The summed E-state index contributed by atoms with van der Waals surface area (Å²) in [5.41, 5.74) is 6.47. The van der Waals surface area contributed by atoms with Crippen LogP contribution in [-0.2, 0) is 5.41 Å². The van der Waals surface area contributed by atoms with Crippen LogP contribution in [-0.4, -0.2) is 13.1 Å². The van der Waals surface area contributed by atoms with Crippen molar-refractivity contribution in [2.75, 3.05) is 18.4 Å². The van der Waals surface area contributed by atoms with Gasteiger partial charge in [0.05, 0.1) is 5.69 Å². The monoisotopic (exact) mass is 268 g/mol. The van der Waals surface area contributed by atoms with Gasteiger partial charge in [0.1, 0.15) is 11.6 Å². The lowest BCUT2D eigenvalue weighted by Crippen LogP contribution is -2.40. The lowest BCUT2D eigenvalue weighted by Gasteiger charge is -2.41. The summed E-state index contributed by atoms with van der Waals surface area (Å²) < 4.78 is 27.0. The van der Waals surface area contributed by atoms with Crippen molar-refractivity contribution in [3.05, 3.63) is 42.5 Å². The zero-order valence-corrected chi connectivity index (χ0v) is 11.6. The molecule has 0 amide bonds. The maximum Gasteiger partial charge on any atom is 0.149 e. The highest BCUT2D eigenvalue weighted by atomic mass is 19.1. The summed E-state index contributed by atoms with van der Waals surface area (Å²) in [5.74, 6) is -0.745. The standard InChI is InChI=1S/C13H18F2N2.C2H4/c1-13(2)8(3-4-16)7-17-12-10(13)5-9(14)6-11(12)15;1-2/h5-6,8,17H,3-4,7,16H2,1-2H3;1-2H2. The van der Waals surface area contributed by atoms with E-state index in [2.05, 4.69) is 18.5 Å². The van der Waals surface area contributed by atoms with E-state index < -0.39 is 11.6 Å². The summed E-state index contributed by atoms with van der Waals surface area (Å²) in [6, 6.07) is 2.35. The van der Waals surface area contributed by atoms with Crippen LogP contribution in [0.1, 0.15) is 25.8 Å². The molecule has 0 fully saturated rings. The van der Waals surface area contributed by atoms with Crippen molar-refractivity contribution in [2.24, 2.45) is 11.7 Å². The molecule has 2 rings (SSSR count). The molecule has 0 saturated heterocycles. The second-order valence-electron chi connectivity index (χ2n) is 5.19. The minimum atomic E-state index is -0.524. The summed E-state index contributed by atoms with van der Waals surface area (Å²) in [6.07, 6.45) is 0.845. The van der Waals surface area contributed by atoms with Crippen molar-refractivity contribution >= 4 is 5.69 Å². The molecule has 0 saturated carbocycles. The molecule has 0 aliphatic carbocycles. The molecule has 1 atom stereocenters. The minimum Gasteiger partial charge on any atom is -0.382 e. The predicted octanol–water partition coefficient (Wildman–Crippen LogP) is 3.44. The van der Waals surface area contributed by atoms with E-state index in [9.17, 15) is 8.78 Å². The number of rotatable bonds is 2. The van der Waals surface area contributed by atoms with Gasteiger partial charge in [0.25, 0.3) is 0 Å². The molecule has 19 heavy (non-hydrogen) atoms. The minimum absolute atomic E-state index is 0.261. The van der Waals surface area contributed by atoms with Crippen LogP contribution in [0.25, 0.3) is 0 Å². The first-order valence-electron chi connectivity index (χ1n) is 6.40. The number of hydrogen-bond donors (Lipinski definition) is 2. The zero-order chi connectivity index (χ0) is 14.6. The third-order valence-corrected chi connectivity index (χ3v) is 3.81. The topological polar surface area (TPSA) is 38.0 Å². The molecule has 1 unspecified atom stereocenters. The van der Waals surface area contributed by atoms with Gasteiger partial charge in [0.15, 0.2) is 0 Å². The van der Waals surface area contributed by atoms with Gasteiger partial charge in [-0.05, 0) is 35.9 Å². The van der Waals surface area contributed by atoms with Gasteiger partial charge in [-0.1, -0.05) is 13.8 Å². The Kier molecular flexibility index (Phi) is 5.06. The van der Waals surface area contributed by atoms with Crippen LogP contribution in [0.4, 0.5) is 14.5 Å². The van der Waals surface area contributed by atoms with E-state index in [4.69, 9.17) is 5.73 Å². The van der Waals surface area contributed by atoms with Gasteiger partial charge >= 0.3 is 0 Å². The van der Waals surface area contributed by atoms with Gasteiger partial charge in [-0.2, -0.15) is 0 Å².